The Morgan fingerprint density at radius 3 is 2.27 bits per heavy atom. The predicted molar refractivity (Wildman–Crippen MR) is 55.4 cm³/mol. The van der Waals surface area contributed by atoms with Crippen LogP contribution in [0.25, 0.3) is 0 Å². The van der Waals surface area contributed by atoms with E-state index < -0.39 is 35.6 Å². The summed E-state index contributed by atoms with van der Waals surface area (Å²) in [5.41, 5.74) is -0.746. The fraction of sp³-hybridized carbons (Fsp3) is 0.875. The predicted octanol–water partition coefficient (Wildman–Crippen LogP) is 0.741. The molecular weight excluding hydrogens is 222 g/mol. The van der Waals surface area contributed by atoms with Crippen LogP contribution in [0.1, 0.15) is 27.7 Å². The molecule has 0 rings (SSSR count). The number of carbonyl (C=O) groups is 1. The van der Waals surface area contributed by atoms with Crippen LogP contribution in [0, 0.1) is 0 Å². The monoisotopic (exact) mass is 239 g/mol. The van der Waals surface area contributed by atoms with E-state index in [1.165, 1.54) is 6.92 Å². The van der Waals surface area contributed by atoms with E-state index >= 15 is 0 Å². The third kappa shape index (κ3) is 5.10. The van der Waals surface area contributed by atoms with Gasteiger partial charge in [0.2, 0.25) is 0 Å². The van der Waals surface area contributed by atoms with E-state index in [9.17, 15) is 9.00 Å². The minimum absolute atomic E-state index is 0.411. The van der Waals surface area contributed by atoms with Gasteiger partial charge in [0.05, 0.1) is 12.6 Å². The highest BCUT2D eigenvalue weighted by atomic mass is 32.2. The highest BCUT2D eigenvalue weighted by Gasteiger charge is 2.29. The van der Waals surface area contributed by atoms with Crippen molar-refractivity contribution < 1.29 is 23.4 Å². The van der Waals surface area contributed by atoms with E-state index in [0.29, 0.717) is 4.31 Å². The quantitative estimate of drug-likeness (QED) is 0.709. The van der Waals surface area contributed by atoms with Crippen LogP contribution in [-0.4, -0.2) is 42.5 Å². The van der Waals surface area contributed by atoms with Crippen molar-refractivity contribution in [3.05, 3.63) is 0 Å². The molecule has 0 aliphatic heterocycles. The van der Waals surface area contributed by atoms with E-state index in [-0.39, 0.29) is 0 Å². The van der Waals surface area contributed by atoms with Gasteiger partial charge in [0.25, 0.3) is 11.3 Å². The summed E-state index contributed by atoms with van der Waals surface area (Å²) in [5.74, 6) is 0. The first-order valence-electron chi connectivity index (χ1n) is 4.43. The number of carbonyl (C=O) groups excluding carboxylic acids is 1. The zero-order valence-corrected chi connectivity index (χ0v) is 10.1. The fourth-order valence-electron chi connectivity index (χ4n) is 0.779. The molecule has 0 aliphatic rings. The largest absolute Gasteiger partial charge is 0.443 e. The summed E-state index contributed by atoms with van der Waals surface area (Å²) in [4.78, 5) is 11.4. The first kappa shape index (κ1) is 14.3. The molecule has 2 N–H and O–H groups in total. The zero-order valence-electron chi connectivity index (χ0n) is 9.26. The molecule has 1 amide bonds. The van der Waals surface area contributed by atoms with E-state index in [1.807, 2.05) is 0 Å². The summed E-state index contributed by atoms with van der Waals surface area (Å²) in [6.07, 6.45) is -0.926. The maximum absolute atomic E-state index is 11.4. The van der Waals surface area contributed by atoms with Crippen LogP contribution in [0.4, 0.5) is 4.79 Å². The molecule has 0 aromatic heterocycles. The van der Waals surface area contributed by atoms with Gasteiger partial charge in [0.15, 0.2) is 0 Å². The van der Waals surface area contributed by atoms with Gasteiger partial charge in [0, 0.05) is 0 Å². The molecule has 0 aromatic carbocycles. The van der Waals surface area contributed by atoms with Crippen molar-refractivity contribution in [1.29, 1.82) is 0 Å². The number of aliphatic hydroxyl groups excluding tert-OH is 1. The fourth-order valence-corrected chi connectivity index (χ4v) is 1.32. The van der Waals surface area contributed by atoms with Crippen molar-refractivity contribution in [2.75, 3.05) is 6.61 Å². The number of ether oxygens (including phenoxy) is 1. The van der Waals surface area contributed by atoms with Gasteiger partial charge in [-0.3, -0.25) is 4.55 Å². The average molecular weight is 239 g/mol. The molecule has 6 nitrogen and oxygen atoms in total. The Morgan fingerprint density at radius 2 is 2.00 bits per heavy atom. The third-order valence-corrected chi connectivity index (χ3v) is 2.25. The molecule has 0 saturated carbocycles. The van der Waals surface area contributed by atoms with Crippen molar-refractivity contribution in [3.8, 4) is 0 Å². The van der Waals surface area contributed by atoms with Gasteiger partial charge in [-0.2, -0.15) is 4.31 Å². The Hall–Kier alpha value is -0.660. The number of amides is 1. The number of nitrogens with zero attached hydrogens (tertiary/aromatic N) is 1. The molecule has 2 atom stereocenters. The topological polar surface area (TPSA) is 87.1 Å². The Balaban J connectivity index is 4.65. The van der Waals surface area contributed by atoms with Crippen LogP contribution >= 0.6 is 0 Å². The maximum atomic E-state index is 11.4. The summed E-state index contributed by atoms with van der Waals surface area (Å²) in [7, 11) is 0. The molecule has 15 heavy (non-hydrogen) atoms. The molecule has 0 fully saturated rings. The van der Waals surface area contributed by atoms with Crippen molar-refractivity contribution >= 4 is 17.4 Å². The molecule has 0 aromatic rings. The number of hydrogen-bond donors (Lipinski definition) is 2. The van der Waals surface area contributed by atoms with E-state index in [2.05, 4.69) is 0 Å². The second kappa shape index (κ2) is 5.43. The van der Waals surface area contributed by atoms with Crippen LogP contribution in [-0.2, 0) is 16.0 Å². The van der Waals surface area contributed by atoms with E-state index in [4.69, 9.17) is 14.4 Å². The Morgan fingerprint density at radius 1 is 1.53 bits per heavy atom. The minimum Gasteiger partial charge on any atom is -0.443 e. The average Bonchev–Trinajstić information content (AvgIpc) is 1.99. The third-order valence-electron chi connectivity index (χ3n) is 1.41. The highest BCUT2D eigenvalue weighted by Crippen LogP contribution is 2.12. The van der Waals surface area contributed by atoms with Crippen molar-refractivity contribution in [1.82, 2.24) is 4.31 Å². The molecule has 0 spiro atoms. The smallest absolute Gasteiger partial charge is 0.424 e. The van der Waals surface area contributed by atoms with Gasteiger partial charge in [-0.25, -0.2) is 9.00 Å². The number of aliphatic hydroxyl groups is 1. The second-order valence-electron chi connectivity index (χ2n) is 4.07. The van der Waals surface area contributed by atoms with Crippen molar-refractivity contribution in [2.24, 2.45) is 0 Å². The SMILES string of the molecule is C[C@H](CO)N(C(=O)OC(C)(C)C)S(=O)O. The Labute approximate surface area is 91.6 Å². The molecule has 0 radical (unpaired) electrons. The van der Waals surface area contributed by atoms with Gasteiger partial charge in [0.1, 0.15) is 5.60 Å². The second-order valence-corrected chi connectivity index (χ2v) is 4.92. The number of hydrogen-bond acceptors (Lipinski definition) is 4. The highest BCUT2D eigenvalue weighted by molar-refractivity contribution is 7.77. The molecule has 0 heterocycles. The summed E-state index contributed by atoms with van der Waals surface area (Å²) in [5, 5.41) is 8.81. The first-order valence-corrected chi connectivity index (χ1v) is 5.49. The molecule has 0 bridgehead atoms. The first-order chi connectivity index (χ1) is 6.69. The molecule has 0 aliphatic carbocycles. The lowest BCUT2D eigenvalue weighted by atomic mass is 10.2. The lowest BCUT2D eigenvalue weighted by Crippen LogP contribution is -2.44. The van der Waals surface area contributed by atoms with Gasteiger partial charge in [-0.15, -0.1) is 0 Å². The summed E-state index contributed by atoms with van der Waals surface area (Å²) < 4.78 is 25.2. The van der Waals surface area contributed by atoms with Crippen molar-refractivity contribution in [3.63, 3.8) is 0 Å². The molecule has 7 heteroatoms. The lowest BCUT2D eigenvalue weighted by Gasteiger charge is -2.27. The summed E-state index contributed by atoms with van der Waals surface area (Å²) in [6, 6.07) is -0.773. The van der Waals surface area contributed by atoms with Gasteiger partial charge < -0.3 is 9.84 Å². The standard InChI is InChI=1S/C8H17NO5S/c1-6(5-10)9(15(12)13)7(11)14-8(2,3)4/h6,10H,5H2,1-4H3,(H,12,13)/t6-/m1/s1. The Kier molecular flexibility index (Phi) is 5.19. The van der Waals surface area contributed by atoms with Crippen LogP contribution in [0.5, 0.6) is 0 Å². The molecule has 1 unspecified atom stereocenters. The zero-order chi connectivity index (χ0) is 12.2. The van der Waals surface area contributed by atoms with Crippen LogP contribution in [0.2, 0.25) is 0 Å². The lowest BCUT2D eigenvalue weighted by molar-refractivity contribution is 0.0306. The summed E-state index contributed by atoms with van der Waals surface area (Å²) >= 11 is -2.50. The minimum atomic E-state index is -2.50. The maximum Gasteiger partial charge on any atom is 0.424 e. The van der Waals surface area contributed by atoms with Crippen LogP contribution in [0.15, 0.2) is 0 Å². The Bertz CT molecular complexity index is 250. The van der Waals surface area contributed by atoms with Crippen LogP contribution in [0.3, 0.4) is 0 Å². The normalized spacial score (nSPS) is 15.6. The van der Waals surface area contributed by atoms with Crippen LogP contribution < -0.4 is 0 Å². The van der Waals surface area contributed by atoms with Gasteiger partial charge in [-0.1, -0.05) is 0 Å². The summed E-state index contributed by atoms with van der Waals surface area (Å²) in [6.45, 7) is 5.97. The number of rotatable bonds is 3. The van der Waals surface area contributed by atoms with Gasteiger partial charge in [-0.05, 0) is 27.7 Å². The molecule has 90 valence electrons. The molecule has 0 saturated heterocycles. The van der Waals surface area contributed by atoms with E-state index in [1.54, 1.807) is 20.8 Å². The van der Waals surface area contributed by atoms with E-state index in [0.717, 1.165) is 0 Å². The van der Waals surface area contributed by atoms with Crippen molar-refractivity contribution in [2.45, 2.75) is 39.3 Å². The molecular formula is C8H17NO5S. The van der Waals surface area contributed by atoms with Gasteiger partial charge >= 0.3 is 6.09 Å².